The summed E-state index contributed by atoms with van der Waals surface area (Å²) >= 11 is 23.2. The van der Waals surface area contributed by atoms with Crippen LogP contribution in [0.1, 0.15) is 28.9 Å². The third-order valence-electron chi connectivity index (χ3n) is 9.11. The van der Waals surface area contributed by atoms with Crippen LogP contribution in [-0.4, -0.2) is 65.9 Å². The number of carbonyl (C=O) groups excluding carboxylic acids is 1. The molecule has 0 spiro atoms. The lowest BCUT2D eigenvalue weighted by Gasteiger charge is -2.06. The minimum atomic E-state index is -0.881. The minimum Gasteiger partial charge on any atom is -0.481 e. The average Bonchev–Trinajstić information content (AvgIpc) is 3.97. The van der Waals surface area contributed by atoms with E-state index < -0.39 is 28.5 Å². The number of nitrogens with one attached hydrogen (secondary N) is 2. The van der Waals surface area contributed by atoms with Gasteiger partial charge in [0.1, 0.15) is 5.78 Å². The number of hydrogen-bond donors (Lipinski definition) is 4. The first kappa shape index (κ1) is 47.3. The Bertz CT molecular complexity index is 3200. The van der Waals surface area contributed by atoms with E-state index in [0.29, 0.717) is 67.8 Å². The van der Waals surface area contributed by atoms with Gasteiger partial charge in [-0.2, -0.15) is 0 Å². The fraction of sp³-hybridized carbons (Fsp3) is 0.116. The van der Waals surface area contributed by atoms with Gasteiger partial charge in [0.05, 0.1) is 73.0 Å². The number of halogens is 4. The highest BCUT2D eigenvalue weighted by Crippen LogP contribution is 2.24. The van der Waals surface area contributed by atoms with Crippen LogP contribution >= 0.6 is 46.4 Å². The van der Waals surface area contributed by atoms with Crippen molar-refractivity contribution < 1.29 is 14.7 Å². The van der Waals surface area contributed by atoms with E-state index in [0.717, 1.165) is 16.9 Å². The molecule has 0 aliphatic heterocycles. The second-order valence-corrected chi connectivity index (χ2v) is 15.4. The molecule has 0 unspecified atom stereocenters. The molecule has 0 aliphatic carbocycles. The van der Waals surface area contributed by atoms with E-state index in [4.69, 9.17) is 57.2 Å². The molecule has 0 radical (unpaired) electrons. The largest absolute Gasteiger partial charge is 0.481 e. The quantitative estimate of drug-likeness (QED) is 0.121. The number of aromatic nitrogens is 10. The number of aryl methyl sites for hydroxylation is 1. The Morgan fingerprint density at radius 2 is 1.00 bits per heavy atom. The van der Waals surface area contributed by atoms with Gasteiger partial charge in [-0.3, -0.25) is 38.3 Å². The third-order valence-corrected chi connectivity index (χ3v) is 10.6. The van der Waals surface area contributed by atoms with Crippen LogP contribution in [0.25, 0.3) is 22.7 Å². The van der Waals surface area contributed by atoms with Gasteiger partial charge < -0.3 is 10.8 Å². The van der Waals surface area contributed by atoms with E-state index >= 15 is 0 Å². The van der Waals surface area contributed by atoms with Crippen LogP contribution in [0.2, 0.25) is 20.1 Å². The molecule has 4 aromatic heterocycles. The van der Waals surface area contributed by atoms with Crippen molar-refractivity contribution in [2.75, 3.05) is 0 Å². The van der Waals surface area contributed by atoms with Gasteiger partial charge >= 0.3 is 17.3 Å². The van der Waals surface area contributed by atoms with Gasteiger partial charge in [0.15, 0.2) is 0 Å². The Morgan fingerprint density at radius 1 is 0.569 bits per heavy atom. The minimum absolute atomic E-state index is 0.0309. The smallest absolute Gasteiger partial charge is 0.332 e. The fourth-order valence-electron chi connectivity index (χ4n) is 5.89. The number of benzene rings is 4. The summed E-state index contributed by atoms with van der Waals surface area (Å²) in [6.07, 6.45) is 7.37. The van der Waals surface area contributed by atoms with Crippen molar-refractivity contribution >= 4 is 58.2 Å². The molecule has 0 amide bonds. The Morgan fingerprint density at radius 3 is 1.42 bits per heavy atom. The summed E-state index contributed by atoms with van der Waals surface area (Å²) in [6, 6.07) is 26.6. The first-order chi connectivity index (χ1) is 31.1. The third kappa shape index (κ3) is 13.2. The molecule has 8 aromatic rings. The number of carbonyl (C=O) groups is 2. The first-order valence-electron chi connectivity index (χ1n) is 19.1. The summed E-state index contributed by atoms with van der Waals surface area (Å²) in [5.74, 6) is -0.818. The fourth-order valence-corrected chi connectivity index (χ4v) is 6.53. The van der Waals surface area contributed by atoms with E-state index in [1.54, 1.807) is 107 Å². The molecule has 4 heterocycles. The van der Waals surface area contributed by atoms with Crippen LogP contribution in [0.4, 0.5) is 0 Å². The molecular formula is C43H35Cl4N11O7. The number of ketones is 1. The summed E-state index contributed by atoms with van der Waals surface area (Å²) in [6.45, 7) is 0.324. The van der Waals surface area contributed by atoms with E-state index in [1.165, 1.54) is 33.7 Å². The van der Waals surface area contributed by atoms with Gasteiger partial charge in [-0.25, -0.2) is 19.0 Å². The molecule has 5 N–H and O–H groups in total. The molecule has 0 atom stereocenters. The maximum Gasteiger partial charge on any atom is 0.332 e. The summed E-state index contributed by atoms with van der Waals surface area (Å²) in [4.78, 5) is 72.9. The average molecular weight is 960 g/mol. The van der Waals surface area contributed by atoms with Crippen molar-refractivity contribution in [2.45, 2.75) is 32.2 Å². The molecule has 0 saturated heterocycles. The molecule has 0 fully saturated rings. The SMILES string of the molecule is NCc1cn(-c2ccc(-n3ccc(=O)[nH]c3=O)cc2)nn1.O=C(CCc1cn(-c2ccc(-n3ccc(=O)[nH]c3=O)cc2)nn1)Cc1ccc(Cl)c(Cl)c1.O=C(O)Cc1ccc(Cl)c(Cl)c1. The molecule has 0 bridgehead atoms. The van der Waals surface area contributed by atoms with E-state index in [9.17, 15) is 28.8 Å². The number of carboxylic acids is 1. The zero-order chi connectivity index (χ0) is 46.6. The molecule has 8 rings (SSSR count). The van der Waals surface area contributed by atoms with Crippen molar-refractivity contribution in [3.63, 3.8) is 0 Å². The monoisotopic (exact) mass is 957 g/mol. The predicted octanol–water partition coefficient (Wildman–Crippen LogP) is 5.34. The standard InChI is InChI=1S/C22H17Cl2N5O3.C13H12N6O2.C8H6Cl2O2/c23-19-8-1-14(12-20(19)24)11-18(30)7-2-15-13-29(27-26-15)17-5-3-16(4-6-17)28-10-9-21(31)25-22(28)32;14-7-9-8-19(17-16-9)11-3-1-10(2-4-11)18-6-5-12(20)15-13(18)21;9-6-2-1-5(3-7(6)10)4-8(11)12/h1,3-6,8-10,12-13H,2,7,11H2,(H,25,31,32);1-6,8H,7,14H2,(H,15,20,21);1-3H,4H2,(H,11,12). The van der Waals surface area contributed by atoms with Crippen molar-refractivity contribution in [3.05, 3.63) is 206 Å². The van der Waals surface area contributed by atoms with Crippen molar-refractivity contribution in [1.82, 2.24) is 49.1 Å². The van der Waals surface area contributed by atoms with Crippen LogP contribution in [-0.2, 0) is 35.4 Å². The van der Waals surface area contributed by atoms with Crippen LogP contribution < -0.4 is 28.2 Å². The molecule has 65 heavy (non-hydrogen) atoms. The van der Waals surface area contributed by atoms with Crippen molar-refractivity contribution in [3.8, 4) is 22.7 Å². The number of nitrogens with zero attached hydrogens (tertiary/aromatic N) is 8. The lowest BCUT2D eigenvalue weighted by atomic mass is 10.1. The summed E-state index contributed by atoms with van der Waals surface area (Å²) in [5.41, 5.74) is 9.23. The zero-order valence-electron chi connectivity index (χ0n) is 33.6. The number of carboxylic acid groups (broad SMARTS) is 1. The number of H-pyrrole nitrogens is 2. The van der Waals surface area contributed by atoms with Crippen molar-refractivity contribution in [2.24, 2.45) is 5.73 Å². The van der Waals surface area contributed by atoms with Crippen LogP contribution in [0.3, 0.4) is 0 Å². The number of rotatable bonds is 12. The summed E-state index contributed by atoms with van der Waals surface area (Å²) in [7, 11) is 0. The first-order valence-corrected chi connectivity index (χ1v) is 20.7. The lowest BCUT2D eigenvalue weighted by molar-refractivity contribution is -0.136. The van der Waals surface area contributed by atoms with Crippen LogP contribution in [0.5, 0.6) is 0 Å². The van der Waals surface area contributed by atoms with Gasteiger partial charge in [-0.15, -0.1) is 10.2 Å². The van der Waals surface area contributed by atoms with E-state index in [2.05, 4.69) is 30.6 Å². The predicted molar refractivity (Wildman–Crippen MR) is 244 cm³/mol. The van der Waals surface area contributed by atoms with E-state index in [-0.39, 0.29) is 18.6 Å². The topological polar surface area (TPSA) is 252 Å². The molecule has 4 aromatic carbocycles. The van der Waals surface area contributed by atoms with Gasteiger partial charge in [0.2, 0.25) is 0 Å². The Kier molecular flexibility index (Phi) is 15.9. The molecule has 0 aliphatic rings. The molecule has 18 nitrogen and oxygen atoms in total. The normalized spacial score (nSPS) is 10.7. The van der Waals surface area contributed by atoms with Crippen LogP contribution in [0.15, 0.2) is 141 Å². The van der Waals surface area contributed by atoms with Gasteiger partial charge in [0, 0.05) is 50.3 Å². The zero-order valence-corrected chi connectivity index (χ0v) is 36.7. The molecule has 0 saturated carbocycles. The molecule has 22 heteroatoms. The highest BCUT2D eigenvalue weighted by molar-refractivity contribution is 6.42. The number of hydrogen-bond acceptors (Lipinski definition) is 11. The maximum atomic E-state index is 12.3. The highest BCUT2D eigenvalue weighted by Gasteiger charge is 2.11. The van der Waals surface area contributed by atoms with Crippen molar-refractivity contribution in [1.29, 1.82) is 0 Å². The van der Waals surface area contributed by atoms with E-state index in [1.807, 2.05) is 0 Å². The summed E-state index contributed by atoms with van der Waals surface area (Å²) < 4.78 is 5.87. The van der Waals surface area contributed by atoms with Gasteiger partial charge in [-0.05, 0) is 83.9 Å². The van der Waals surface area contributed by atoms with Gasteiger partial charge in [-0.1, -0.05) is 69.0 Å². The van der Waals surface area contributed by atoms with Crippen LogP contribution in [0, 0.1) is 0 Å². The second-order valence-electron chi connectivity index (χ2n) is 13.8. The number of aliphatic carboxylic acids is 1. The summed E-state index contributed by atoms with van der Waals surface area (Å²) in [5, 5.41) is 26.3. The number of aromatic amines is 2. The lowest BCUT2D eigenvalue weighted by Crippen LogP contribution is -2.27. The number of Topliss-reactive ketones (excluding diaryl/α,β-unsaturated/α-hetero) is 1. The van der Waals surface area contributed by atoms with Gasteiger partial charge in [0.25, 0.3) is 11.1 Å². The molecule has 332 valence electrons. The highest BCUT2D eigenvalue weighted by atomic mass is 35.5. The Balaban J connectivity index is 0.000000181. The maximum absolute atomic E-state index is 12.3. The second kappa shape index (κ2) is 21.9. The molecular weight excluding hydrogens is 924 g/mol. The Hall–Kier alpha value is -7.22. The Labute approximate surface area is 387 Å². The number of nitrogens with two attached hydrogens (primary N) is 1.